The Labute approximate surface area is 175 Å². The van der Waals surface area contributed by atoms with Crippen molar-refractivity contribution in [3.8, 4) is 0 Å². The highest BCUT2D eigenvalue weighted by molar-refractivity contribution is 7.92. The molecule has 0 aromatic heterocycles. The highest BCUT2D eigenvalue weighted by Crippen LogP contribution is 2.24. The SMILES string of the molecule is CCc1ccc(N([C@@H](C)C(=O)Nc2ccc(Cl)c(C(=O)OC)c2)S(C)(=O)=O)cc1. The van der Waals surface area contributed by atoms with E-state index in [9.17, 15) is 18.0 Å². The van der Waals surface area contributed by atoms with E-state index in [2.05, 4.69) is 10.1 Å². The van der Waals surface area contributed by atoms with E-state index in [4.69, 9.17) is 11.6 Å². The number of hydrogen-bond donors (Lipinski definition) is 1. The first-order valence-electron chi connectivity index (χ1n) is 8.85. The lowest BCUT2D eigenvalue weighted by molar-refractivity contribution is -0.116. The van der Waals surface area contributed by atoms with E-state index < -0.39 is 27.9 Å². The summed E-state index contributed by atoms with van der Waals surface area (Å²) in [4.78, 5) is 24.5. The van der Waals surface area contributed by atoms with Crippen molar-refractivity contribution in [1.29, 1.82) is 0 Å². The summed E-state index contributed by atoms with van der Waals surface area (Å²) in [6.45, 7) is 3.48. The minimum Gasteiger partial charge on any atom is -0.465 e. The predicted octanol–water partition coefficient (Wildman–Crippen LogP) is 3.48. The van der Waals surface area contributed by atoms with Gasteiger partial charge in [0.05, 0.1) is 29.6 Å². The number of nitrogens with zero attached hydrogens (tertiary/aromatic N) is 1. The molecule has 156 valence electrons. The number of aryl methyl sites for hydroxylation is 1. The van der Waals surface area contributed by atoms with Crippen LogP contribution in [0.5, 0.6) is 0 Å². The minimum absolute atomic E-state index is 0.0924. The molecule has 0 bridgehead atoms. The molecule has 0 saturated heterocycles. The quantitative estimate of drug-likeness (QED) is 0.668. The molecular weight excluding hydrogens is 416 g/mol. The molecule has 0 saturated carbocycles. The zero-order valence-corrected chi connectivity index (χ0v) is 18.2. The van der Waals surface area contributed by atoms with Gasteiger partial charge < -0.3 is 10.1 Å². The number of methoxy groups -OCH3 is 1. The van der Waals surface area contributed by atoms with Crippen LogP contribution in [0.2, 0.25) is 5.02 Å². The Morgan fingerprint density at radius 3 is 2.31 bits per heavy atom. The molecule has 2 aromatic rings. The number of carbonyl (C=O) groups is 2. The molecule has 1 N–H and O–H groups in total. The lowest BCUT2D eigenvalue weighted by Crippen LogP contribution is -2.45. The number of halogens is 1. The largest absolute Gasteiger partial charge is 0.465 e. The van der Waals surface area contributed by atoms with Gasteiger partial charge in [0.25, 0.3) is 0 Å². The van der Waals surface area contributed by atoms with E-state index in [-0.39, 0.29) is 10.6 Å². The maximum Gasteiger partial charge on any atom is 0.339 e. The van der Waals surface area contributed by atoms with Crippen molar-refractivity contribution in [2.24, 2.45) is 0 Å². The van der Waals surface area contributed by atoms with Crippen molar-refractivity contribution in [3.63, 3.8) is 0 Å². The minimum atomic E-state index is -3.73. The van der Waals surface area contributed by atoms with Gasteiger partial charge >= 0.3 is 5.97 Å². The lowest BCUT2D eigenvalue weighted by Gasteiger charge is -2.28. The molecule has 0 unspecified atom stereocenters. The molecule has 0 aliphatic heterocycles. The molecule has 2 rings (SSSR count). The molecule has 7 nitrogen and oxygen atoms in total. The third kappa shape index (κ3) is 5.48. The second-order valence-electron chi connectivity index (χ2n) is 6.43. The molecule has 1 amide bonds. The molecule has 0 fully saturated rings. The number of nitrogens with one attached hydrogen (secondary N) is 1. The fraction of sp³-hybridized carbons (Fsp3) is 0.300. The summed E-state index contributed by atoms with van der Waals surface area (Å²) in [6.07, 6.45) is 1.86. The van der Waals surface area contributed by atoms with E-state index in [1.165, 1.54) is 32.2 Å². The zero-order valence-electron chi connectivity index (χ0n) is 16.6. The summed E-state index contributed by atoms with van der Waals surface area (Å²) in [5.41, 5.74) is 1.82. The van der Waals surface area contributed by atoms with E-state index >= 15 is 0 Å². The first-order chi connectivity index (χ1) is 13.6. The van der Waals surface area contributed by atoms with Crippen LogP contribution >= 0.6 is 11.6 Å². The lowest BCUT2D eigenvalue weighted by atomic mass is 10.1. The van der Waals surface area contributed by atoms with Crippen molar-refractivity contribution < 1.29 is 22.7 Å². The van der Waals surface area contributed by atoms with Crippen molar-refractivity contribution in [2.45, 2.75) is 26.3 Å². The van der Waals surface area contributed by atoms with Gasteiger partial charge in [0.2, 0.25) is 15.9 Å². The average Bonchev–Trinajstić information content (AvgIpc) is 2.68. The van der Waals surface area contributed by atoms with Gasteiger partial charge in [-0.1, -0.05) is 30.7 Å². The topological polar surface area (TPSA) is 92.8 Å². The summed E-state index contributed by atoms with van der Waals surface area (Å²) in [5, 5.41) is 2.80. The number of ether oxygens (including phenoxy) is 1. The van der Waals surface area contributed by atoms with Crippen LogP contribution in [0.15, 0.2) is 42.5 Å². The standard InChI is InChI=1S/C20H23ClN2O5S/c1-5-14-6-9-16(10-7-14)23(29(4,26)27)13(2)19(24)22-15-8-11-18(21)17(12-15)20(25)28-3/h6-13H,5H2,1-4H3,(H,22,24)/t13-/m0/s1. The summed E-state index contributed by atoms with van der Waals surface area (Å²) in [5.74, 6) is -1.21. The fourth-order valence-electron chi connectivity index (χ4n) is 2.80. The van der Waals surface area contributed by atoms with Gasteiger partial charge in [-0.25, -0.2) is 13.2 Å². The van der Waals surface area contributed by atoms with Crippen LogP contribution in [0.4, 0.5) is 11.4 Å². The number of benzene rings is 2. The first kappa shape index (κ1) is 22.7. The van der Waals surface area contributed by atoms with Gasteiger partial charge in [-0.15, -0.1) is 0 Å². The van der Waals surface area contributed by atoms with Gasteiger partial charge in [0, 0.05) is 5.69 Å². The summed E-state index contributed by atoms with van der Waals surface area (Å²) < 4.78 is 30.5. The molecule has 0 aliphatic rings. The van der Waals surface area contributed by atoms with E-state index in [0.29, 0.717) is 11.4 Å². The van der Waals surface area contributed by atoms with Crippen LogP contribution in [0.25, 0.3) is 0 Å². The summed E-state index contributed by atoms with van der Waals surface area (Å²) in [6, 6.07) is 10.3. The number of sulfonamides is 1. The average molecular weight is 439 g/mol. The van der Waals surface area contributed by atoms with Crippen LogP contribution in [0.3, 0.4) is 0 Å². The molecule has 0 radical (unpaired) electrons. The molecule has 2 aromatic carbocycles. The van der Waals surface area contributed by atoms with E-state index in [1.54, 1.807) is 12.1 Å². The van der Waals surface area contributed by atoms with E-state index in [1.807, 2.05) is 19.1 Å². The third-order valence-corrected chi connectivity index (χ3v) is 5.90. The van der Waals surface area contributed by atoms with Crippen molar-refractivity contribution >= 4 is 44.9 Å². The first-order valence-corrected chi connectivity index (χ1v) is 11.1. The van der Waals surface area contributed by atoms with Crippen LogP contribution < -0.4 is 9.62 Å². The third-order valence-electron chi connectivity index (χ3n) is 4.33. The highest BCUT2D eigenvalue weighted by Gasteiger charge is 2.29. The van der Waals surface area contributed by atoms with Crippen LogP contribution in [-0.2, 0) is 26.0 Å². The Balaban J connectivity index is 2.31. The number of esters is 1. The molecule has 0 heterocycles. The van der Waals surface area contributed by atoms with Gasteiger partial charge in [0.1, 0.15) is 6.04 Å². The number of carbonyl (C=O) groups excluding carboxylic acids is 2. The second-order valence-corrected chi connectivity index (χ2v) is 8.70. The number of anilines is 2. The predicted molar refractivity (Wildman–Crippen MR) is 114 cm³/mol. The van der Waals surface area contributed by atoms with Gasteiger partial charge in [-0.2, -0.15) is 0 Å². The summed E-state index contributed by atoms with van der Waals surface area (Å²) in [7, 11) is -2.51. The molecule has 0 spiro atoms. The van der Waals surface area contributed by atoms with E-state index in [0.717, 1.165) is 22.5 Å². The number of amides is 1. The maximum atomic E-state index is 12.8. The van der Waals surface area contributed by atoms with Crippen LogP contribution in [0.1, 0.15) is 29.8 Å². The van der Waals surface area contributed by atoms with Gasteiger partial charge in [-0.05, 0) is 49.2 Å². The normalized spacial score (nSPS) is 12.2. The smallest absolute Gasteiger partial charge is 0.339 e. The Morgan fingerprint density at radius 1 is 1.17 bits per heavy atom. The maximum absolute atomic E-state index is 12.8. The van der Waals surface area contributed by atoms with Crippen LogP contribution in [0, 0.1) is 0 Å². The highest BCUT2D eigenvalue weighted by atomic mass is 35.5. The zero-order chi connectivity index (χ0) is 21.8. The molecule has 9 heteroatoms. The number of rotatable bonds is 7. The molecule has 1 atom stereocenters. The molecule has 0 aliphatic carbocycles. The van der Waals surface area contributed by atoms with Crippen molar-refractivity contribution in [1.82, 2.24) is 0 Å². The van der Waals surface area contributed by atoms with Crippen molar-refractivity contribution in [2.75, 3.05) is 23.0 Å². The second kappa shape index (κ2) is 9.28. The van der Waals surface area contributed by atoms with Crippen molar-refractivity contribution in [3.05, 3.63) is 58.6 Å². The van der Waals surface area contributed by atoms with Gasteiger partial charge in [-0.3, -0.25) is 9.10 Å². The monoisotopic (exact) mass is 438 g/mol. The molecular formula is C20H23ClN2O5S. The number of hydrogen-bond acceptors (Lipinski definition) is 5. The Kier molecular flexibility index (Phi) is 7.26. The Morgan fingerprint density at radius 2 is 1.79 bits per heavy atom. The molecule has 29 heavy (non-hydrogen) atoms. The van der Waals surface area contributed by atoms with Crippen LogP contribution in [-0.4, -0.2) is 39.7 Å². The Hall–Kier alpha value is -2.58. The van der Waals surface area contributed by atoms with Gasteiger partial charge in [0.15, 0.2) is 0 Å². The fourth-order valence-corrected chi connectivity index (χ4v) is 4.17. The Bertz CT molecular complexity index is 1010. The summed E-state index contributed by atoms with van der Waals surface area (Å²) >= 11 is 5.98.